The molecule has 0 radical (unpaired) electrons. The lowest BCUT2D eigenvalue weighted by Crippen LogP contribution is -2.14. The van der Waals surface area contributed by atoms with Crippen molar-refractivity contribution in [2.24, 2.45) is 0 Å². The lowest BCUT2D eigenvalue weighted by molar-refractivity contribution is 0.502. The Morgan fingerprint density at radius 2 is 1.58 bits per heavy atom. The van der Waals surface area contributed by atoms with Gasteiger partial charge >= 0.3 is 0 Å². The van der Waals surface area contributed by atoms with Gasteiger partial charge in [-0.25, -0.2) is 0 Å². The Hall–Kier alpha value is -0.0200. The van der Waals surface area contributed by atoms with Crippen LogP contribution in [0.5, 0.6) is 0 Å². The van der Waals surface area contributed by atoms with Gasteiger partial charge in [-0.2, -0.15) is 0 Å². The molecule has 0 spiro atoms. The Balaban J connectivity index is 2.38. The molecule has 0 bridgehead atoms. The van der Waals surface area contributed by atoms with Gasteiger partial charge in [0.25, 0.3) is 0 Å². The van der Waals surface area contributed by atoms with Crippen LogP contribution < -0.4 is 0 Å². The first-order valence-corrected chi connectivity index (χ1v) is 8.89. The molecular formula is C16H27NS2. The molecule has 0 amide bonds. The zero-order valence-corrected chi connectivity index (χ0v) is 14.8. The third-order valence-corrected chi connectivity index (χ3v) is 5.50. The highest BCUT2D eigenvalue weighted by molar-refractivity contribution is 8.03. The van der Waals surface area contributed by atoms with Crippen molar-refractivity contribution in [3.05, 3.63) is 11.8 Å². The first-order chi connectivity index (χ1) is 8.66. The topological polar surface area (TPSA) is 4.93 Å². The fraction of sp³-hybridized carbons (Fsp3) is 0.750. The van der Waals surface area contributed by atoms with Crippen LogP contribution in [0.25, 0.3) is 0 Å². The maximum atomic E-state index is 2.58. The molecular weight excluding hydrogens is 270 g/mol. The van der Waals surface area contributed by atoms with E-state index in [1.165, 1.54) is 35.7 Å². The molecule has 2 heterocycles. The fourth-order valence-corrected chi connectivity index (χ4v) is 4.74. The van der Waals surface area contributed by atoms with E-state index in [-0.39, 0.29) is 9.49 Å². The van der Waals surface area contributed by atoms with Crippen molar-refractivity contribution >= 4 is 23.5 Å². The second-order valence-corrected chi connectivity index (χ2v) is 11.0. The average molecular weight is 298 g/mol. The summed E-state index contributed by atoms with van der Waals surface area (Å²) in [4.78, 5) is 1.49. The summed E-state index contributed by atoms with van der Waals surface area (Å²) in [6.45, 7) is 15.1. The molecule has 2 rings (SSSR count). The van der Waals surface area contributed by atoms with Gasteiger partial charge in [-0.1, -0.05) is 41.5 Å². The van der Waals surface area contributed by atoms with E-state index in [0.717, 1.165) is 0 Å². The van der Waals surface area contributed by atoms with Gasteiger partial charge in [0.05, 0.1) is 5.03 Å². The van der Waals surface area contributed by atoms with E-state index >= 15 is 0 Å². The molecule has 0 aliphatic carbocycles. The zero-order chi connectivity index (χ0) is 14.3. The van der Waals surface area contributed by atoms with Crippen LogP contribution in [0, 0.1) is 0 Å². The average Bonchev–Trinajstić information content (AvgIpc) is 2.52. The van der Waals surface area contributed by atoms with Crippen LogP contribution in [-0.4, -0.2) is 14.1 Å². The Labute approximate surface area is 126 Å². The van der Waals surface area contributed by atoms with Crippen molar-refractivity contribution in [2.75, 3.05) is 0 Å². The van der Waals surface area contributed by atoms with Gasteiger partial charge in [-0.3, -0.25) is 0 Å². The fourth-order valence-electron chi connectivity index (χ4n) is 2.38. The van der Waals surface area contributed by atoms with Crippen molar-refractivity contribution in [1.29, 1.82) is 0 Å². The second kappa shape index (κ2) is 5.40. The van der Waals surface area contributed by atoms with Crippen molar-refractivity contribution in [3.8, 4) is 0 Å². The van der Waals surface area contributed by atoms with Crippen LogP contribution >= 0.6 is 23.5 Å². The van der Waals surface area contributed by atoms with Crippen molar-refractivity contribution in [2.45, 2.75) is 86.8 Å². The second-order valence-electron chi connectivity index (χ2n) is 7.34. The number of hydrogen-bond donors (Lipinski definition) is 0. The highest BCUT2D eigenvalue weighted by atomic mass is 32.2. The van der Waals surface area contributed by atoms with Gasteiger partial charge in [-0.05, 0) is 25.3 Å². The minimum Gasteiger partial charge on any atom is -0.339 e. The predicted octanol–water partition coefficient (Wildman–Crippen LogP) is 5.61. The predicted molar refractivity (Wildman–Crippen MR) is 88.6 cm³/mol. The summed E-state index contributed by atoms with van der Waals surface area (Å²) >= 11 is 4.05. The maximum Gasteiger partial charge on any atom is 0.0894 e. The van der Waals surface area contributed by atoms with Crippen LogP contribution in [0.1, 0.15) is 60.1 Å². The van der Waals surface area contributed by atoms with Gasteiger partial charge in [0.15, 0.2) is 0 Å². The number of hydrogen-bond acceptors (Lipinski definition) is 2. The Bertz CT molecular complexity index is 447. The van der Waals surface area contributed by atoms with E-state index in [2.05, 4.69) is 52.2 Å². The van der Waals surface area contributed by atoms with Gasteiger partial charge in [0.1, 0.15) is 0 Å². The Morgan fingerprint density at radius 3 is 2.16 bits per heavy atom. The monoisotopic (exact) mass is 297 g/mol. The number of fused-ring (bicyclic) bond motifs is 1. The molecule has 0 saturated heterocycles. The van der Waals surface area contributed by atoms with Crippen LogP contribution in [0.3, 0.4) is 0 Å². The molecule has 0 aromatic carbocycles. The van der Waals surface area contributed by atoms with E-state index in [0.29, 0.717) is 0 Å². The summed E-state index contributed by atoms with van der Waals surface area (Å²) in [5, 5.41) is 1.50. The quantitative estimate of drug-likeness (QED) is 0.654. The standard InChI is InChI=1S/C16H27NS2/c1-15(2,3)18-13-11-12-9-7-8-10-17(12)14(13)19-16(4,5)6/h11H,7-10H2,1-6H3. The molecule has 1 nitrogen and oxygen atoms in total. The minimum atomic E-state index is 0.278. The first kappa shape index (κ1) is 15.4. The normalized spacial score (nSPS) is 16.5. The third-order valence-electron chi connectivity index (χ3n) is 2.98. The Morgan fingerprint density at radius 1 is 0.947 bits per heavy atom. The van der Waals surface area contributed by atoms with Gasteiger partial charge in [-0.15, -0.1) is 23.5 Å². The summed E-state index contributed by atoms with van der Waals surface area (Å²) in [6.07, 6.45) is 3.94. The molecule has 0 atom stereocenters. The van der Waals surface area contributed by atoms with Crippen LogP contribution in [-0.2, 0) is 13.0 Å². The number of nitrogens with zero attached hydrogens (tertiary/aromatic N) is 1. The smallest absolute Gasteiger partial charge is 0.0894 e. The summed E-state index contributed by atoms with van der Waals surface area (Å²) < 4.78 is 3.14. The van der Waals surface area contributed by atoms with Crippen molar-refractivity contribution in [1.82, 2.24) is 4.57 Å². The molecule has 0 unspecified atom stereocenters. The number of aryl methyl sites for hydroxylation is 1. The molecule has 108 valence electrons. The highest BCUT2D eigenvalue weighted by Crippen LogP contribution is 2.45. The number of aromatic nitrogens is 1. The number of thioether (sulfide) groups is 2. The molecule has 1 aromatic heterocycles. The molecule has 3 heteroatoms. The zero-order valence-electron chi connectivity index (χ0n) is 13.2. The molecule has 19 heavy (non-hydrogen) atoms. The van der Waals surface area contributed by atoms with Gasteiger partial charge < -0.3 is 4.57 Å². The van der Waals surface area contributed by atoms with Crippen molar-refractivity contribution in [3.63, 3.8) is 0 Å². The van der Waals surface area contributed by atoms with Gasteiger partial charge in [0.2, 0.25) is 0 Å². The SMILES string of the molecule is CC(C)(C)Sc1cc2n(c1SC(C)(C)C)CCCC2. The number of rotatable bonds is 2. The molecule has 0 saturated carbocycles. The van der Waals surface area contributed by atoms with E-state index in [4.69, 9.17) is 0 Å². The van der Waals surface area contributed by atoms with E-state index in [1.807, 2.05) is 23.5 Å². The van der Waals surface area contributed by atoms with E-state index < -0.39 is 0 Å². The van der Waals surface area contributed by atoms with Gasteiger partial charge in [0, 0.05) is 26.6 Å². The summed E-state index contributed by atoms with van der Waals surface area (Å²) in [6, 6.07) is 2.45. The molecule has 0 N–H and O–H groups in total. The van der Waals surface area contributed by atoms with Crippen LogP contribution in [0.4, 0.5) is 0 Å². The van der Waals surface area contributed by atoms with E-state index in [9.17, 15) is 0 Å². The third kappa shape index (κ3) is 4.22. The first-order valence-electron chi connectivity index (χ1n) is 7.26. The van der Waals surface area contributed by atoms with Crippen LogP contribution in [0.15, 0.2) is 16.0 Å². The minimum absolute atomic E-state index is 0.278. The van der Waals surface area contributed by atoms with Crippen molar-refractivity contribution < 1.29 is 0 Å². The van der Waals surface area contributed by atoms with Crippen LogP contribution in [0.2, 0.25) is 0 Å². The summed E-state index contributed by atoms with van der Waals surface area (Å²) in [5.41, 5.74) is 1.55. The Kier molecular flexibility index (Phi) is 4.37. The lowest BCUT2D eigenvalue weighted by atomic mass is 10.1. The largest absolute Gasteiger partial charge is 0.339 e. The molecule has 1 aliphatic rings. The summed E-state index contributed by atoms with van der Waals surface area (Å²) in [7, 11) is 0. The highest BCUT2D eigenvalue weighted by Gasteiger charge is 2.25. The lowest BCUT2D eigenvalue weighted by Gasteiger charge is -2.24. The maximum absolute atomic E-state index is 2.58. The van der Waals surface area contributed by atoms with E-state index in [1.54, 1.807) is 5.69 Å². The summed E-state index contributed by atoms with van der Waals surface area (Å²) in [5.74, 6) is 0. The molecule has 1 aromatic rings. The molecule has 0 fully saturated rings. The molecule has 1 aliphatic heterocycles.